The van der Waals surface area contributed by atoms with Crippen molar-refractivity contribution in [2.24, 2.45) is 0 Å². The van der Waals surface area contributed by atoms with Crippen molar-refractivity contribution in [1.29, 1.82) is 0 Å². The monoisotopic (exact) mass is 414 g/mol. The third kappa shape index (κ3) is 5.06. The van der Waals surface area contributed by atoms with Crippen LogP contribution in [0.15, 0.2) is 72.8 Å². The van der Waals surface area contributed by atoms with Crippen molar-refractivity contribution in [3.63, 3.8) is 0 Å². The molecule has 0 fully saturated rings. The molecule has 1 atom stereocenters. The molecule has 0 aliphatic heterocycles. The van der Waals surface area contributed by atoms with E-state index in [0.29, 0.717) is 33.2 Å². The SMILES string of the molecule is O=C(CCC(C(=O)c1cccc(Cl)c1)c1ccc(F)cc1)c1cccc(Cl)c1. The van der Waals surface area contributed by atoms with Crippen molar-refractivity contribution in [3.8, 4) is 0 Å². The molecule has 0 aromatic heterocycles. The lowest BCUT2D eigenvalue weighted by Crippen LogP contribution is -2.15. The van der Waals surface area contributed by atoms with Crippen molar-refractivity contribution in [2.45, 2.75) is 18.8 Å². The molecule has 0 saturated carbocycles. The molecule has 0 bridgehead atoms. The Morgan fingerprint density at radius 1 is 0.821 bits per heavy atom. The second-order valence-electron chi connectivity index (χ2n) is 6.45. The average Bonchev–Trinajstić information content (AvgIpc) is 2.69. The second kappa shape index (κ2) is 9.13. The molecule has 0 N–H and O–H groups in total. The quantitative estimate of drug-likeness (QED) is 0.400. The average molecular weight is 415 g/mol. The summed E-state index contributed by atoms with van der Waals surface area (Å²) in [4.78, 5) is 25.6. The van der Waals surface area contributed by atoms with Crippen molar-refractivity contribution < 1.29 is 14.0 Å². The van der Waals surface area contributed by atoms with Gasteiger partial charge < -0.3 is 0 Å². The van der Waals surface area contributed by atoms with E-state index < -0.39 is 5.92 Å². The Kier molecular flexibility index (Phi) is 6.61. The molecule has 142 valence electrons. The standard InChI is InChI=1S/C23H17Cl2FO2/c24-18-5-1-3-16(13-18)22(27)12-11-21(15-7-9-20(26)10-8-15)23(28)17-4-2-6-19(25)14-17/h1-10,13-14,21H,11-12H2. The van der Waals surface area contributed by atoms with Gasteiger partial charge in [-0.15, -0.1) is 0 Å². The number of carbonyl (C=O) groups is 2. The highest BCUT2D eigenvalue weighted by atomic mass is 35.5. The molecule has 2 nitrogen and oxygen atoms in total. The maximum absolute atomic E-state index is 13.3. The highest BCUT2D eigenvalue weighted by Crippen LogP contribution is 2.28. The normalized spacial score (nSPS) is 11.8. The molecule has 0 saturated heterocycles. The van der Waals surface area contributed by atoms with E-state index in [2.05, 4.69) is 0 Å². The van der Waals surface area contributed by atoms with Crippen LogP contribution in [0.2, 0.25) is 10.0 Å². The highest BCUT2D eigenvalue weighted by molar-refractivity contribution is 6.31. The number of Topliss-reactive ketones (excluding diaryl/α,β-unsaturated/α-hetero) is 2. The molecule has 5 heteroatoms. The molecule has 1 unspecified atom stereocenters. The van der Waals surface area contributed by atoms with Crippen LogP contribution >= 0.6 is 23.2 Å². The van der Waals surface area contributed by atoms with E-state index in [-0.39, 0.29) is 23.8 Å². The summed E-state index contributed by atoms with van der Waals surface area (Å²) in [5.74, 6) is -1.23. The van der Waals surface area contributed by atoms with Gasteiger partial charge in [0, 0.05) is 33.5 Å². The Hall–Kier alpha value is -2.49. The van der Waals surface area contributed by atoms with Gasteiger partial charge in [0.05, 0.1) is 0 Å². The summed E-state index contributed by atoms with van der Waals surface area (Å²) in [6, 6.07) is 19.2. The lowest BCUT2D eigenvalue weighted by molar-refractivity contribution is 0.0936. The molecule has 0 spiro atoms. The van der Waals surface area contributed by atoms with Crippen LogP contribution in [0.3, 0.4) is 0 Å². The van der Waals surface area contributed by atoms with Crippen LogP contribution in [-0.2, 0) is 0 Å². The summed E-state index contributed by atoms with van der Waals surface area (Å²) in [6.07, 6.45) is 0.455. The van der Waals surface area contributed by atoms with Crippen LogP contribution < -0.4 is 0 Å². The van der Waals surface area contributed by atoms with Crippen LogP contribution in [0.25, 0.3) is 0 Å². The smallest absolute Gasteiger partial charge is 0.170 e. The minimum atomic E-state index is -0.581. The van der Waals surface area contributed by atoms with Gasteiger partial charge in [-0.05, 0) is 48.4 Å². The molecule has 0 aliphatic carbocycles. The molecular formula is C23H17Cl2FO2. The van der Waals surface area contributed by atoms with Gasteiger partial charge in [0.2, 0.25) is 0 Å². The van der Waals surface area contributed by atoms with Gasteiger partial charge in [-0.3, -0.25) is 9.59 Å². The van der Waals surface area contributed by atoms with Crippen molar-refractivity contribution in [2.75, 3.05) is 0 Å². The van der Waals surface area contributed by atoms with Gasteiger partial charge in [0.15, 0.2) is 11.6 Å². The predicted molar refractivity (Wildman–Crippen MR) is 110 cm³/mol. The van der Waals surface area contributed by atoms with E-state index in [4.69, 9.17) is 23.2 Å². The van der Waals surface area contributed by atoms with Gasteiger partial charge in [-0.1, -0.05) is 59.6 Å². The Bertz CT molecular complexity index is 999. The molecular weight excluding hydrogens is 398 g/mol. The van der Waals surface area contributed by atoms with Gasteiger partial charge in [0.25, 0.3) is 0 Å². The van der Waals surface area contributed by atoms with Crippen molar-refractivity contribution in [3.05, 3.63) is 105 Å². The van der Waals surface area contributed by atoms with Crippen LogP contribution in [0, 0.1) is 5.82 Å². The number of rotatable bonds is 7. The first-order chi connectivity index (χ1) is 13.4. The number of benzene rings is 3. The summed E-state index contributed by atoms with van der Waals surface area (Å²) in [5.41, 5.74) is 1.61. The highest BCUT2D eigenvalue weighted by Gasteiger charge is 2.23. The number of ketones is 2. The van der Waals surface area contributed by atoms with E-state index >= 15 is 0 Å². The first kappa shape index (κ1) is 20.2. The lowest BCUT2D eigenvalue weighted by atomic mass is 9.86. The van der Waals surface area contributed by atoms with Gasteiger partial charge >= 0.3 is 0 Å². The van der Waals surface area contributed by atoms with Crippen LogP contribution in [0.1, 0.15) is 45.0 Å². The lowest BCUT2D eigenvalue weighted by Gasteiger charge is -2.16. The Morgan fingerprint density at radius 2 is 1.39 bits per heavy atom. The van der Waals surface area contributed by atoms with E-state index in [0.717, 1.165) is 0 Å². The topological polar surface area (TPSA) is 34.1 Å². The Balaban J connectivity index is 1.85. The Morgan fingerprint density at radius 3 is 2.00 bits per heavy atom. The van der Waals surface area contributed by atoms with Crippen molar-refractivity contribution >= 4 is 34.8 Å². The summed E-state index contributed by atoms with van der Waals surface area (Å²) < 4.78 is 13.3. The molecule has 3 rings (SSSR count). The third-order valence-corrected chi connectivity index (χ3v) is 4.97. The van der Waals surface area contributed by atoms with Crippen LogP contribution in [0.5, 0.6) is 0 Å². The molecule has 0 aliphatic rings. The molecule has 3 aromatic rings. The summed E-state index contributed by atoms with van der Waals surface area (Å²) in [6.45, 7) is 0. The van der Waals surface area contributed by atoms with Gasteiger partial charge in [-0.2, -0.15) is 0 Å². The zero-order chi connectivity index (χ0) is 20.1. The second-order valence-corrected chi connectivity index (χ2v) is 7.32. The number of halogens is 3. The molecule has 3 aromatic carbocycles. The molecule has 28 heavy (non-hydrogen) atoms. The fourth-order valence-electron chi connectivity index (χ4n) is 3.07. The summed E-state index contributed by atoms with van der Waals surface area (Å²) in [7, 11) is 0. The van der Waals surface area contributed by atoms with E-state index in [9.17, 15) is 14.0 Å². The van der Waals surface area contributed by atoms with E-state index in [1.165, 1.54) is 12.1 Å². The fraction of sp³-hybridized carbons (Fsp3) is 0.130. The van der Waals surface area contributed by atoms with Crippen molar-refractivity contribution in [1.82, 2.24) is 0 Å². The van der Waals surface area contributed by atoms with E-state index in [1.807, 2.05) is 0 Å². The van der Waals surface area contributed by atoms with Gasteiger partial charge in [0.1, 0.15) is 5.82 Å². The largest absolute Gasteiger partial charge is 0.294 e. The first-order valence-corrected chi connectivity index (χ1v) is 9.53. The predicted octanol–water partition coefficient (Wildman–Crippen LogP) is 6.76. The zero-order valence-electron chi connectivity index (χ0n) is 14.9. The minimum Gasteiger partial charge on any atom is -0.294 e. The molecule has 0 heterocycles. The molecule has 0 amide bonds. The molecule has 0 radical (unpaired) electrons. The van der Waals surface area contributed by atoms with Crippen LogP contribution in [0.4, 0.5) is 4.39 Å². The zero-order valence-corrected chi connectivity index (χ0v) is 16.4. The third-order valence-electron chi connectivity index (χ3n) is 4.50. The Labute approximate surface area is 172 Å². The van der Waals surface area contributed by atoms with Crippen LogP contribution in [-0.4, -0.2) is 11.6 Å². The van der Waals surface area contributed by atoms with Gasteiger partial charge in [-0.25, -0.2) is 4.39 Å². The summed E-state index contributed by atoms with van der Waals surface area (Å²) >= 11 is 12.0. The summed E-state index contributed by atoms with van der Waals surface area (Å²) in [5, 5.41) is 0.939. The maximum Gasteiger partial charge on any atom is 0.170 e. The number of hydrogen-bond donors (Lipinski definition) is 0. The number of carbonyl (C=O) groups excluding carboxylic acids is 2. The number of hydrogen-bond acceptors (Lipinski definition) is 2. The first-order valence-electron chi connectivity index (χ1n) is 8.78. The fourth-order valence-corrected chi connectivity index (χ4v) is 3.45. The maximum atomic E-state index is 13.3. The minimum absolute atomic E-state index is 0.103. The van der Waals surface area contributed by atoms with E-state index in [1.54, 1.807) is 60.7 Å².